The SMILES string of the molecule is COc1ccc(C)cc1NC(=O)[C@@H](OC(=O)/C(C#N)=C/c1ccc2c(c1)OCO2)c1ccccc1. The van der Waals surface area contributed by atoms with Gasteiger partial charge in [0.2, 0.25) is 12.9 Å². The molecule has 8 heteroatoms. The number of aryl methyl sites for hydroxylation is 1. The van der Waals surface area contributed by atoms with Gasteiger partial charge in [0.15, 0.2) is 11.5 Å². The molecule has 3 aromatic carbocycles. The van der Waals surface area contributed by atoms with Crippen molar-refractivity contribution in [3.8, 4) is 23.3 Å². The fraction of sp³-hybridized carbons (Fsp3) is 0.148. The molecule has 0 saturated carbocycles. The number of anilines is 1. The zero-order valence-electron chi connectivity index (χ0n) is 19.1. The zero-order chi connectivity index (χ0) is 24.8. The van der Waals surface area contributed by atoms with E-state index in [0.29, 0.717) is 34.1 Å². The average molecular weight is 470 g/mol. The summed E-state index contributed by atoms with van der Waals surface area (Å²) in [4.78, 5) is 26.2. The minimum absolute atomic E-state index is 0.106. The maximum Gasteiger partial charge on any atom is 0.350 e. The molecule has 35 heavy (non-hydrogen) atoms. The second-order valence-corrected chi connectivity index (χ2v) is 7.67. The quantitative estimate of drug-likeness (QED) is 0.306. The standard InChI is InChI=1S/C27H22N2O6/c1-17-8-10-22(32-2)21(12-17)29-26(30)25(19-6-4-3-5-7-19)35-27(31)20(15-28)13-18-9-11-23-24(14-18)34-16-33-23/h3-14,25H,16H2,1-2H3,(H,29,30)/b20-13+/t25-/m0/s1. The highest BCUT2D eigenvalue weighted by Gasteiger charge is 2.27. The van der Waals surface area contributed by atoms with Gasteiger partial charge in [-0.25, -0.2) is 4.79 Å². The Morgan fingerprint density at radius 2 is 1.83 bits per heavy atom. The fourth-order valence-corrected chi connectivity index (χ4v) is 3.50. The number of nitriles is 1. The van der Waals surface area contributed by atoms with Crippen LogP contribution in [0.1, 0.15) is 22.8 Å². The number of fused-ring (bicyclic) bond motifs is 1. The number of ether oxygens (including phenoxy) is 4. The predicted molar refractivity (Wildman–Crippen MR) is 128 cm³/mol. The van der Waals surface area contributed by atoms with Gasteiger partial charge in [0.1, 0.15) is 17.4 Å². The molecule has 8 nitrogen and oxygen atoms in total. The summed E-state index contributed by atoms with van der Waals surface area (Å²) in [5, 5.41) is 12.4. The number of carbonyl (C=O) groups is 2. The van der Waals surface area contributed by atoms with Crippen LogP contribution in [-0.4, -0.2) is 25.8 Å². The van der Waals surface area contributed by atoms with Crippen molar-refractivity contribution in [2.45, 2.75) is 13.0 Å². The highest BCUT2D eigenvalue weighted by molar-refractivity contribution is 6.02. The highest BCUT2D eigenvalue weighted by Crippen LogP contribution is 2.33. The van der Waals surface area contributed by atoms with Crippen molar-refractivity contribution >= 4 is 23.6 Å². The van der Waals surface area contributed by atoms with Crippen LogP contribution in [0.15, 0.2) is 72.3 Å². The number of amides is 1. The van der Waals surface area contributed by atoms with Gasteiger partial charge in [-0.1, -0.05) is 42.5 Å². The number of benzene rings is 3. The molecule has 4 rings (SSSR count). The van der Waals surface area contributed by atoms with E-state index in [1.165, 1.54) is 13.2 Å². The molecule has 0 aliphatic carbocycles. The van der Waals surface area contributed by atoms with E-state index in [-0.39, 0.29) is 12.4 Å². The molecule has 0 fully saturated rings. The molecule has 3 aromatic rings. The van der Waals surface area contributed by atoms with Crippen molar-refractivity contribution in [3.63, 3.8) is 0 Å². The number of esters is 1. The van der Waals surface area contributed by atoms with Crippen molar-refractivity contribution in [2.75, 3.05) is 19.2 Å². The second-order valence-electron chi connectivity index (χ2n) is 7.67. The van der Waals surface area contributed by atoms with Gasteiger partial charge in [0, 0.05) is 5.56 Å². The Hall–Kier alpha value is -4.77. The fourth-order valence-electron chi connectivity index (χ4n) is 3.50. The van der Waals surface area contributed by atoms with Gasteiger partial charge in [-0.05, 0) is 48.4 Å². The third-order valence-electron chi connectivity index (χ3n) is 5.23. The van der Waals surface area contributed by atoms with Crippen LogP contribution in [0.5, 0.6) is 17.2 Å². The summed E-state index contributed by atoms with van der Waals surface area (Å²) >= 11 is 0. The summed E-state index contributed by atoms with van der Waals surface area (Å²) < 4.78 is 21.5. The van der Waals surface area contributed by atoms with E-state index >= 15 is 0 Å². The lowest BCUT2D eigenvalue weighted by atomic mass is 10.1. The first kappa shape index (κ1) is 23.4. The Morgan fingerprint density at radius 3 is 2.57 bits per heavy atom. The van der Waals surface area contributed by atoms with Gasteiger partial charge >= 0.3 is 5.97 Å². The van der Waals surface area contributed by atoms with Crippen LogP contribution in [0, 0.1) is 18.3 Å². The molecule has 0 spiro atoms. The molecule has 1 heterocycles. The topological polar surface area (TPSA) is 107 Å². The van der Waals surface area contributed by atoms with E-state index < -0.39 is 18.0 Å². The Kier molecular flexibility index (Phi) is 6.98. The van der Waals surface area contributed by atoms with Crippen LogP contribution in [0.4, 0.5) is 5.69 Å². The van der Waals surface area contributed by atoms with Gasteiger partial charge in [0.25, 0.3) is 5.91 Å². The Morgan fingerprint density at radius 1 is 1.06 bits per heavy atom. The van der Waals surface area contributed by atoms with Crippen LogP contribution in [0.25, 0.3) is 6.08 Å². The Bertz CT molecular complexity index is 1330. The van der Waals surface area contributed by atoms with Gasteiger partial charge in [0.05, 0.1) is 12.8 Å². The molecule has 1 amide bonds. The number of rotatable bonds is 7. The molecule has 0 unspecified atom stereocenters. The second kappa shape index (κ2) is 10.4. The number of hydrogen-bond donors (Lipinski definition) is 1. The molecule has 0 saturated heterocycles. The van der Waals surface area contributed by atoms with Gasteiger partial charge in [-0.3, -0.25) is 4.79 Å². The third-order valence-corrected chi connectivity index (χ3v) is 5.23. The summed E-state index contributed by atoms with van der Waals surface area (Å²) in [6.45, 7) is 1.99. The summed E-state index contributed by atoms with van der Waals surface area (Å²) in [6, 6.07) is 20.8. The minimum atomic E-state index is -1.30. The first-order valence-corrected chi connectivity index (χ1v) is 10.7. The molecule has 1 aliphatic heterocycles. The normalized spacial score (nSPS) is 12.9. The summed E-state index contributed by atoms with van der Waals surface area (Å²) in [7, 11) is 1.50. The van der Waals surface area contributed by atoms with Crippen molar-refractivity contribution in [1.82, 2.24) is 0 Å². The molecule has 0 aromatic heterocycles. The van der Waals surface area contributed by atoms with E-state index in [1.807, 2.05) is 19.1 Å². The molecular weight excluding hydrogens is 448 g/mol. The molecule has 1 aliphatic rings. The zero-order valence-corrected chi connectivity index (χ0v) is 19.1. The summed E-state index contributed by atoms with van der Waals surface area (Å²) in [5.74, 6) is 0.0235. The van der Waals surface area contributed by atoms with E-state index in [0.717, 1.165) is 5.56 Å². The highest BCUT2D eigenvalue weighted by atomic mass is 16.7. The van der Waals surface area contributed by atoms with E-state index in [4.69, 9.17) is 18.9 Å². The predicted octanol–water partition coefficient (Wildman–Crippen LogP) is 4.56. The Balaban J connectivity index is 1.60. The molecule has 0 radical (unpaired) electrons. The first-order valence-electron chi connectivity index (χ1n) is 10.7. The van der Waals surface area contributed by atoms with E-state index in [9.17, 15) is 14.9 Å². The van der Waals surface area contributed by atoms with Gasteiger partial charge < -0.3 is 24.3 Å². The largest absolute Gasteiger partial charge is 0.495 e. The minimum Gasteiger partial charge on any atom is -0.495 e. The van der Waals surface area contributed by atoms with Crippen molar-refractivity contribution in [3.05, 3.63) is 89.0 Å². The number of nitrogens with zero attached hydrogens (tertiary/aromatic N) is 1. The first-order chi connectivity index (χ1) is 17.0. The van der Waals surface area contributed by atoms with E-state index in [1.54, 1.807) is 60.7 Å². The molecule has 1 atom stereocenters. The van der Waals surface area contributed by atoms with Gasteiger partial charge in [-0.2, -0.15) is 5.26 Å². The molecule has 1 N–H and O–H groups in total. The van der Waals surface area contributed by atoms with Crippen LogP contribution in [0.2, 0.25) is 0 Å². The average Bonchev–Trinajstić information content (AvgIpc) is 3.34. The van der Waals surface area contributed by atoms with Crippen molar-refractivity contribution < 1.29 is 28.5 Å². The lowest BCUT2D eigenvalue weighted by Crippen LogP contribution is -2.26. The van der Waals surface area contributed by atoms with Crippen LogP contribution >= 0.6 is 0 Å². The monoisotopic (exact) mass is 470 g/mol. The number of hydrogen-bond acceptors (Lipinski definition) is 7. The van der Waals surface area contributed by atoms with E-state index in [2.05, 4.69) is 5.32 Å². The number of nitrogens with one attached hydrogen (secondary N) is 1. The third kappa shape index (κ3) is 5.42. The van der Waals surface area contributed by atoms with Crippen LogP contribution in [-0.2, 0) is 14.3 Å². The Labute approximate surface area is 202 Å². The smallest absolute Gasteiger partial charge is 0.350 e. The number of carbonyl (C=O) groups excluding carboxylic acids is 2. The molecular formula is C27H22N2O6. The lowest BCUT2D eigenvalue weighted by Gasteiger charge is -2.19. The lowest BCUT2D eigenvalue weighted by molar-refractivity contribution is -0.150. The summed E-state index contributed by atoms with van der Waals surface area (Å²) in [5.41, 5.74) is 2.07. The maximum atomic E-state index is 13.2. The number of methoxy groups -OCH3 is 1. The van der Waals surface area contributed by atoms with Crippen LogP contribution < -0.4 is 19.5 Å². The van der Waals surface area contributed by atoms with Crippen molar-refractivity contribution in [1.29, 1.82) is 5.26 Å². The maximum absolute atomic E-state index is 13.2. The van der Waals surface area contributed by atoms with Crippen molar-refractivity contribution in [2.24, 2.45) is 0 Å². The molecule has 176 valence electrons. The summed E-state index contributed by atoms with van der Waals surface area (Å²) in [6.07, 6.45) is 0.0656. The van der Waals surface area contributed by atoms with Crippen LogP contribution in [0.3, 0.4) is 0 Å². The molecule has 0 bridgehead atoms. The van der Waals surface area contributed by atoms with Gasteiger partial charge in [-0.15, -0.1) is 0 Å².